The molecule has 3 N–H and O–H groups in total. The first kappa shape index (κ1) is 13.0. The molecular weight excluding hydrogens is 232 g/mol. The molecule has 2 heteroatoms. The molecular formula is C17H18N2. The number of hydrogen-bond donors (Lipinski definition) is 2. The number of nitrogens with one attached hydrogen (secondary N) is 1. The standard InChI is InChI=1S/C17H18N2/c18-16-10-5-2-6-12-17(13-7-11-16)19-14-15-8-3-1-4-9-15/h1-13,19H,14,18H2. The Kier molecular flexibility index (Phi) is 4.82. The number of rotatable bonds is 3. The molecule has 19 heavy (non-hydrogen) atoms. The second kappa shape index (κ2) is 7.07. The summed E-state index contributed by atoms with van der Waals surface area (Å²) in [6.07, 6.45) is 0. The maximum absolute atomic E-state index is 5.78. The Balaban J connectivity index is 2.14. The van der Waals surface area contributed by atoms with Gasteiger partial charge in [0.15, 0.2) is 0 Å². The average molecular weight is 250 g/mol. The normalized spacial score (nSPS) is 9.47. The van der Waals surface area contributed by atoms with E-state index in [2.05, 4.69) is 17.4 Å². The fourth-order valence-electron chi connectivity index (χ4n) is 1.68. The van der Waals surface area contributed by atoms with Crippen molar-refractivity contribution in [3.8, 4) is 0 Å². The van der Waals surface area contributed by atoms with Crippen LogP contribution in [0.5, 0.6) is 0 Å². The lowest BCUT2D eigenvalue weighted by Gasteiger charge is -2.04. The van der Waals surface area contributed by atoms with E-state index in [-0.39, 0.29) is 0 Å². The Labute approximate surface area is 114 Å². The van der Waals surface area contributed by atoms with E-state index in [1.54, 1.807) is 0 Å². The van der Waals surface area contributed by atoms with Crippen molar-refractivity contribution in [2.45, 2.75) is 6.54 Å². The second-order valence-corrected chi connectivity index (χ2v) is 4.23. The third kappa shape index (κ3) is 4.72. The largest absolute Gasteiger partial charge is 0.399 e. The van der Waals surface area contributed by atoms with Crippen molar-refractivity contribution in [1.82, 2.24) is 0 Å². The molecule has 0 aromatic heterocycles. The van der Waals surface area contributed by atoms with Crippen molar-refractivity contribution in [1.29, 1.82) is 0 Å². The molecule has 0 saturated carbocycles. The molecule has 0 heterocycles. The topological polar surface area (TPSA) is 38.0 Å². The van der Waals surface area contributed by atoms with Crippen LogP contribution in [0.15, 0.2) is 78.9 Å². The smallest absolute Gasteiger partial charge is 0.0400 e. The first-order valence-electron chi connectivity index (χ1n) is 6.31. The van der Waals surface area contributed by atoms with Crippen molar-refractivity contribution in [2.75, 3.05) is 11.1 Å². The fourth-order valence-corrected chi connectivity index (χ4v) is 1.68. The van der Waals surface area contributed by atoms with E-state index in [4.69, 9.17) is 5.73 Å². The minimum Gasteiger partial charge on any atom is -0.399 e. The lowest BCUT2D eigenvalue weighted by molar-refractivity contribution is 1.15. The molecule has 0 aliphatic carbocycles. The van der Waals surface area contributed by atoms with Crippen molar-refractivity contribution < 1.29 is 0 Å². The maximum atomic E-state index is 5.78. The van der Waals surface area contributed by atoms with Crippen LogP contribution in [-0.2, 0) is 6.54 Å². The highest BCUT2D eigenvalue weighted by molar-refractivity contribution is 5.43. The van der Waals surface area contributed by atoms with Gasteiger partial charge >= 0.3 is 0 Å². The summed E-state index contributed by atoms with van der Waals surface area (Å²) in [6.45, 7) is 0.805. The summed E-state index contributed by atoms with van der Waals surface area (Å²) >= 11 is 0. The first-order valence-corrected chi connectivity index (χ1v) is 6.31. The lowest BCUT2D eigenvalue weighted by Crippen LogP contribution is -1.97. The van der Waals surface area contributed by atoms with Crippen LogP contribution in [-0.4, -0.2) is 0 Å². The van der Waals surface area contributed by atoms with Gasteiger partial charge in [-0.3, -0.25) is 0 Å². The molecule has 0 aliphatic rings. The van der Waals surface area contributed by atoms with Gasteiger partial charge in [0.05, 0.1) is 0 Å². The molecule has 0 unspecified atom stereocenters. The highest BCUT2D eigenvalue weighted by Crippen LogP contribution is 2.07. The van der Waals surface area contributed by atoms with Gasteiger partial charge in [0, 0.05) is 17.9 Å². The van der Waals surface area contributed by atoms with Crippen molar-refractivity contribution in [3.63, 3.8) is 0 Å². The van der Waals surface area contributed by atoms with E-state index in [1.807, 2.05) is 66.7 Å². The van der Waals surface area contributed by atoms with Gasteiger partial charge in [-0.05, 0) is 29.8 Å². The molecule has 0 radical (unpaired) electrons. The number of nitrogens with two attached hydrogens (primary N) is 1. The van der Waals surface area contributed by atoms with Crippen LogP contribution in [0.25, 0.3) is 0 Å². The van der Waals surface area contributed by atoms with Crippen LogP contribution in [0.1, 0.15) is 5.56 Å². The number of anilines is 2. The van der Waals surface area contributed by atoms with Crippen LogP contribution in [0.4, 0.5) is 11.4 Å². The Bertz CT molecular complexity index is 563. The Morgan fingerprint density at radius 3 is 2.05 bits per heavy atom. The van der Waals surface area contributed by atoms with Crippen molar-refractivity contribution in [3.05, 3.63) is 84.4 Å². The van der Waals surface area contributed by atoms with Gasteiger partial charge in [-0.15, -0.1) is 0 Å². The summed E-state index contributed by atoms with van der Waals surface area (Å²) in [7, 11) is 0. The van der Waals surface area contributed by atoms with E-state index >= 15 is 0 Å². The van der Waals surface area contributed by atoms with Crippen LogP contribution < -0.4 is 11.1 Å². The predicted octanol–water partition coefficient (Wildman–Crippen LogP) is 4.01. The zero-order valence-electron chi connectivity index (χ0n) is 10.8. The summed E-state index contributed by atoms with van der Waals surface area (Å²) in [6, 6.07) is 26.0. The van der Waals surface area contributed by atoms with Crippen LogP contribution in [0.2, 0.25) is 0 Å². The van der Waals surface area contributed by atoms with Gasteiger partial charge in [0.1, 0.15) is 0 Å². The van der Waals surface area contributed by atoms with E-state index in [9.17, 15) is 0 Å². The molecule has 2 aromatic rings. The van der Waals surface area contributed by atoms with E-state index in [0.717, 1.165) is 17.9 Å². The highest BCUT2D eigenvalue weighted by atomic mass is 14.9. The molecule has 0 saturated heterocycles. The van der Waals surface area contributed by atoms with Crippen molar-refractivity contribution in [2.24, 2.45) is 0 Å². The summed E-state index contributed by atoms with van der Waals surface area (Å²) < 4.78 is 0. The molecule has 0 atom stereocenters. The Morgan fingerprint density at radius 2 is 1.26 bits per heavy atom. The third-order valence-electron chi connectivity index (χ3n) is 2.69. The molecule has 0 fully saturated rings. The zero-order chi connectivity index (χ0) is 13.3. The number of nitrogen functional groups attached to an aromatic ring is 1. The lowest BCUT2D eigenvalue weighted by atomic mass is 10.2. The zero-order valence-corrected chi connectivity index (χ0v) is 10.8. The predicted molar refractivity (Wildman–Crippen MR) is 82.3 cm³/mol. The van der Waals surface area contributed by atoms with Gasteiger partial charge in [-0.2, -0.15) is 0 Å². The monoisotopic (exact) mass is 250 g/mol. The first-order chi connectivity index (χ1) is 9.34. The Morgan fingerprint density at radius 1 is 0.684 bits per heavy atom. The molecule has 96 valence electrons. The van der Waals surface area contributed by atoms with E-state index in [0.29, 0.717) is 0 Å². The minimum absolute atomic E-state index is 0.741. The fraction of sp³-hybridized carbons (Fsp3) is 0.0588. The quantitative estimate of drug-likeness (QED) is 0.864. The summed E-state index contributed by atoms with van der Waals surface area (Å²) in [5.41, 5.74) is 8.84. The van der Waals surface area contributed by atoms with Crippen LogP contribution in [0, 0.1) is 0 Å². The molecule has 2 aromatic carbocycles. The van der Waals surface area contributed by atoms with E-state index in [1.165, 1.54) is 5.56 Å². The average Bonchev–Trinajstić information content (AvgIpc) is 2.45. The van der Waals surface area contributed by atoms with Gasteiger partial charge < -0.3 is 11.1 Å². The third-order valence-corrected chi connectivity index (χ3v) is 2.69. The molecule has 0 amide bonds. The molecule has 0 spiro atoms. The van der Waals surface area contributed by atoms with Crippen LogP contribution in [0.3, 0.4) is 0 Å². The van der Waals surface area contributed by atoms with Gasteiger partial charge in [0.25, 0.3) is 0 Å². The SMILES string of the molecule is Nc1cccccc(NCc2ccccc2)ccc1. The highest BCUT2D eigenvalue weighted by Gasteiger charge is 1.90. The molecule has 0 aliphatic heterocycles. The minimum atomic E-state index is 0.741. The van der Waals surface area contributed by atoms with Gasteiger partial charge in [-0.25, -0.2) is 0 Å². The summed E-state index contributed by atoms with van der Waals surface area (Å²) in [5, 5.41) is 3.40. The summed E-state index contributed by atoms with van der Waals surface area (Å²) in [4.78, 5) is 0. The van der Waals surface area contributed by atoms with Gasteiger partial charge in [0.2, 0.25) is 0 Å². The molecule has 2 rings (SSSR count). The van der Waals surface area contributed by atoms with E-state index < -0.39 is 0 Å². The van der Waals surface area contributed by atoms with Crippen molar-refractivity contribution >= 4 is 11.4 Å². The number of benzene rings is 1. The number of hydrogen-bond acceptors (Lipinski definition) is 2. The molecule has 0 bridgehead atoms. The second-order valence-electron chi connectivity index (χ2n) is 4.23. The maximum Gasteiger partial charge on any atom is 0.0400 e. The summed E-state index contributed by atoms with van der Waals surface area (Å²) in [5.74, 6) is 0. The Hall–Kier alpha value is -2.48. The molecule has 2 nitrogen and oxygen atoms in total. The van der Waals surface area contributed by atoms with Gasteiger partial charge in [-0.1, -0.05) is 54.6 Å². The van der Waals surface area contributed by atoms with Crippen LogP contribution >= 0.6 is 0 Å².